The molecule has 0 bridgehead atoms. The molecule has 1 aromatic heterocycles. The molecule has 0 saturated carbocycles. The maximum Gasteiger partial charge on any atom is 0.312 e. The largest absolute Gasteiger partial charge is 0.347 e. The minimum Gasteiger partial charge on any atom is -0.347 e. The van der Waals surface area contributed by atoms with E-state index in [0.717, 1.165) is 25.9 Å². The number of likely N-dealkylation sites (N-methyl/N-ethyl adjacent to an activating group) is 1. The summed E-state index contributed by atoms with van der Waals surface area (Å²) < 4.78 is 0.627. The standard InChI is InChI=1S/C11H15BrN4O2/c1-13-7-9-3-2-4-15(9)11-10(16(17)18)5-8(12)6-14-11/h5-6,9,13H,2-4,7H2,1H3. The van der Waals surface area contributed by atoms with Crippen LogP contribution in [-0.2, 0) is 0 Å². The second kappa shape index (κ2) is 5.62. The number of hydrogen-bond acceptors (Lipinski definition) is 5. The molecular weight excluding hydrogens is 300 g/mol. The quantitative estimate of drug-likeness (QED) is 0.679. The Bertz CT molecular complexity index is 455. The highest BCUT2D eigenvalue weighted by Crippen LogP contribution is 2.33. The van der Waals surface area contributed by atoms with Gasteiger partial charge in [-0.2, -0.15) is 0 Å². The Morgan fingerprint density at radius 1 is 1.72 bits per heavy atom. The van der Waals surface area contributed by atoms with Crippen LogP contribution in [0.1, 0.15) is 12.8 Å². The lowest BCUT2D eigenvalue weighted by Crippen LogP contribution is -2.37. The summed E-state index contributed by atoms with van der Waals surface area (Å²) in [5.41, 5.74) is 0.0624. The minimum absolute atomic E-state index is 0.0624. The third-order valence-corrected chi connectivity index (χ3v) is 3.53. The molecule has 0 spiro atoms. The molecule has 0 amide bonds. The molecule has 1 aliphatic rings. The average Bonchev–Trinajstić information content (AvgIpc) is 2.77. The molecule has 7 heteroatoms. The third-order valence-electron chi connectivity index (χ3n) is 3.10. The van der Waals surface area contributed by atoms with E-state index in [1.807, 2.05) is 11.9 Å². The van der Waals surface area contributed by atoms with Gasteiger partial charge in [-0.25, -0.2) is 4.98 Å². The zero-order valence-electron chi connectivity index (χ0n) is 10.1. The number of rotatable bonds is 4. The van der Waals surface area contributed by atoms with Gasteiger partial charge in [-0.15, -0.1) is 0 Å². The van der Waals surface area contributed by atoms with E-state index in [1.54, 1.807) is 6.20 Å². The lowest BCUT2D eigenvalue weighted by atomic mass is 10.2. The molecule has 1 N–H and O–H groups in total. The molecular formula is C11H15BrN4O2. The fraction of sp³-hybridized carbons (Fsp3) is 0.545. The molecule has 1 aromatic rings. The Morgan fingerprint density at radius 3 is 3.17 bits per heavy atom. The van der Waals surface area contributed by atoms with Crippen LogP contribution in [0.2, 0.25) is 0 Å². The Balaban J connectivity index is 2.34. The number of nitrogens with zero attached hydrogens (tertiary/aromatic N) is 3. The molecule has 6 nitrogen and oxygen atoms in total. The first kappa shape index (κ1) is 13.2. The number of aromatic nitrogens is 1. The van der Waals surface area contributed by atoms with Crippen LogP contribution in [0.25, 0.3) is 0 Å². The number of halogens is 1. The van der Waals surface area contributed by atoms with Crippen molar-refractivity contribution in [2.24, 2.45) is 0 Å². The van der Waals surface area contributed by atoms with Gasteiger partial charge < -0.3 is 10.2 Å². The molecule has 1 unspecified atom stereocenters. The summed E-state index contributed by atoms with van der Waals surface area (Å²) in [4.78, 5) is 17.0. The van der Waals surface area contributed by atoms with Gasteiger partial charge in [0.1, 0.15) is 0 Å². The van der Waals surface area contributed by atoms with Crippen LogP contribution in [0.15, 0.2) is 16.7 Å². The second-order valence-electron chi connectivity index (χ2n) is 4.30. The van der Waals surface area contributed by atoms with Crippen LogP contribution in [0.3, 0.4) is 0 Å². The topological polar surface area (TPSA) is 71.3 Å². The zero-order chi connectivity index (χ0) is 13.1. The van der Waals surface area contributed by atoms with Crippen LogP contribution in [0, 0.1) is 10.1 Å². The van der Waals surface area contributed by atoms with Crippen molar-refractivity contribution in [2.45, 2.75) is 18.9 Å². The number of anilines is 1. The van der Waals surface area contributed by atoms with Crippen LogP contribution in [0.4, 0.5) is 11.5 Å². The van der Waals surface area contributed by atoms with Crippen LogP contribution >= 0.6 is 15.9 Å². The van der Waals surface area contributed by atoms with E-state index in [-0.39, 0.29) is 16.7 Å². The van der Waals surface area contributed by atoms with Crippen molar-refractivity contribution in [3.63, 3.8) is 0 Å². The molecule has 18 heavy (non-hydrogen) atoms. The zero-order valence-corrected chi connectivity index (χ0v) is 11.7. The first-order chi connectivity index (χ1) is 8.63. The fourth-order valence-corrected chi connectivity index (χ4v) is 2.66. The molecule has 0 aliphatic carbocycles. The summed E-state index contributed by atoms with van der Waals surface area (Å²) >= 11 is 3.22. The van der Waals surface area contributed by atoms with Crippen molar-refractivity contribution in [1.29, 1.82) is 0 Å². The molecule has 1 fully saturated rings. The summed E-state index contributed by atoms with van der Waals surface area (Å²) in [6.45, 7) is 1.64. The van der Waals surface area contributed by atoms with Gasteiger partial charge in [-0.05, 0) is 35.8 Å². The summed E-state index contributed by atoms with van der Waals surface area (Å²) in [5.74, 6) is 0.473. The summed E-state index contributed by atoms with van der Waals surface area (Å²) in [5, 5.41) is 14.2. The van der Waals surface area contributed by atoms with E-state index in [9.17, 15) is 10.1 Å². The highest BCUT2D eigenvalue weighted by molar-refractivity contribution is 9.10. The second-order valence-corrected chi connectivity index (χ2v) is 5.22. The summed E-state index contributed by atoms with van der Waals surface area (Å²) in [6.07, 6.45) is 3.69. The lowest BCUT2D eigenvalue weighted by molar-refractivity contribution is -0.384. The van der Waals surface area contributed by atoms with Crippen molar-refractivity contribution in [1.82, 2.24) is 10.3 Å². The highest BCUT2D eigenvalue weighted by atomic mass is 79.9. The molecule has 1 saturated heterocycles. The van der Waals surface area contributed by atoms with E-state index in [4.69, 9.17) is 0 Å². The van der Waals surface area contributed by atoms with Crippen LogP contribution in [0.5, 0.6) is 0 Å². The molecule has 1 aliphatic heterocycles. The van der Waals surface area contributed by atoms with Crippen molar-refractivity contribution < 1.29 is 4.92 Å². The van der Waals surface area contributed by atoms with Gasteiger partial charge in [0.05, 0.1) is 4.92 Å². The van der Waals surface area contributed by atoms with E-state index < -0.39 is 0 Å². The van der Waals surface area contributed by atoms with E-state index in [2.05, 4.69) is 26.2 Å². The number of nitrogens with one attached hydrogen (secondary N) is 1. The van der Waals surface area contributed by atoms with Gasteiger partial charge in [-0.1, -0.05) is 0 Å². The Kier molecular flexibility index (Phi) is 4.13. The monoisotopic (exact) mass is 314 g/mol. The first-order valence-electron chi connectivity index (χ1n) is 5.84. The lowest BCUT2D eigenvalue weighted by Gasteiger charge is -2.25. The van der Waals surface area contributed by atoms with Crippen molar-refractivity contribution in [2.75, 3.05) is 25.0 Å². The maximum atomic E-state index is 11.1. The van der Waals surface area contributed by atoms with Crippen LogP contribution in [-0.4, -0.2) is 36.1 Å². The number of pyridine rings is 1. The fourth-order valence-electron chi connectivity index (χ4n) is 2.34. The first-order valence-corrected chi connectivity index (χ1v) is 6.64. The number of nitro groups is 1. The SMILES string of the molecule is CNCC1CCCN1c1ncc(Br)cc1[N+](=O)[O-]. The van der Waals surface area contributed by atoms with Gasteiger partial charge >= 0.3 is 5.69 Å². The van der Waals surface area contributed by atoms with Crippen molar-refractivity contribution in [3.05, 3.63) is 26.9 Å². The Hall–Kier alpha value is -1.21. The smallest absolute Gasteiger partial charge is 0.312 e. The van der Waals surface area contributed by atoms with E-state index in [1.165, 1.54) is 6.07 Å². The molecule has 1 atom stereocenters. The maximum absolute atomic E-state index is 11.1. The Morgan fingerprint density at radius 2 is 2.50 bits per heavy atom. The van der Waals surface area contributed by atoms with E-state index >= 15 is 0 Å². The van der Waals surface area contributed by atoms with Crippen molar-refractivity contribution >= 4 is 27.4 Å². The highest BCUT2D eigenvalue weighted by Gasteiger charge is 2.30. The average molecular weight is 315 g/mol. The van der Waals surface area contributed by atoms with E-state index in [0.29, 0.717) is 10.3 Å². The molecule has 2 heterocycles. The molecule has 98 valence electrons. The van der Waals surface area contributed by atoms with Gasteiger partial charge in [-0.3, -0.25) is 10.1 Å². The predicted molar refractivity (Wildman–Crippen MR) is 72.9 cm³/mol. The summed E-state index contributed by atoms with van der Waals surface area (Å²) in [7, 11) is 1.89. The van der Waals surface area contributed by atoms with Crippen LogP contribution < -0.4 is 10.2 Å². The van der Waals surface area contributed by atoms with Gasteiger partial charge in [0.25, 0.3) is 0 Å². The third kappa shape index (κ3) is 2.62. The molecule has 0 aromatic carbocycles. The normalized spacial score (nSPS) is 19.2. The summed E-state index contributed by atoms with van der Waals surface area (Å²) in [6, 6.07) is 1.79. The van der Waals surface area contributed by atoms with Crippen molar-refractivity contribution in [3.8, 4) is 0 Å². The van der Waals surface area contributed by atoms with Gasteiger partial charge in [0.2, 0.25) is 5.82 Å². The minimum atomic E-state index is -0.373. The number of hydrogen-bond donors (Lipinski definition) is 1. The molecule has 0 radical (unpaired) electrons. The Labute approximate surface area is 114 Å². The molecule has 2 rings (SSSR count). The van der Waals surface area contributed by atoms with Gasteiger partial charge in [0, 0.05) is 35.9 Å². The predicted octanol–water partition coefficient (Wildman–Crippen LogP) is 1.94. The van der Waals surface area contributed by atoms with Gasteiger partial charge in [0.15, 0.2) is 0 Å².